The molecule has 1 saturated heterocycles. The van der Waals surface area contributed by atoms with Gasteiger partial charge in [0, 0.05) is 52.5 Å². The third-order valence-corrected chi connectivity index (χ3v) is 4.92. The first-order chi connectivity index (χ1) is 13.6. The predicted octanol–water partition coefficient (Wildman–Crippen LogP) is 1.88. The van der Waals surface area contributed by atoms with Crippen molar-refractivity contribution in [1.82, 2.24) is 20.5 Å². The number of aliphatic imine (C=N–C) groups is 1. The summed E-state index contributed by atoms with van der Waals surface area (Å²) in [7, 11) is 3.89. The van der Waals surface area contributed by atoms with Gasteiger partial charge in [0.25, 0.3) is 0 Å². The summed E-state index contributed by atoms with van der Waals surface area (Å²) >= 11 is 0. The minimum absolute atomic E-state index is 0.201. The van der Waals surface area contributed by atoms with Crippen LogP contribution in [-0.2, 0) is 13.0 Å². The zero-order valence-electron chi connectivity index (χ0n) is 16.7. The summed E-state index contributed by atoms with van der Waals surface area (Å²) in [5, 5.41) is 6.55. The fourth-order valence-electron chi connectivity index (χ4n) is 3.17. The normalized spacial score (nSPS) is 15.5. The van der Waals surface area contributed by atoms with Crippen molar-refractivity contribution in [3.8, 4) is 0 Å². The van der Waals surface area contributed by atoms with Gasteiger partial charge >= 0.3 is 0 Å². The van der Waals surface area contributed by atoms with Crippen LogP contribution in [0.3, 0.4) is 0 Å². The van der Waals surface area contributed by atoms with Gasteiger partial charge in [-0.25, -0.2) is 9.37 Å². The molecule has 0 spiro atoms. The Hall–Kier alpha value is -2.67. The van der Waals surface area contributed by atoms with Crippen molar-refractivity contribution >= 4 is 11.8 Å². The van der Waals surface area contributed by atoms with Crippen LogP contribution in [-0.4, -0.2) is 62.7 Å². The summed E-state index contributed by atoms with van der Waals surface area (Å²) in [6, 6.07) is 10.9. The Morgan fingerprint density at radius 1 is 1.11 bits per heavy atom. The number of hydrogen-bond acceptors (Lipinski definition) is 4. The van der Waals surface area contributed by atoms with Gasteiger partial charge in [-0.15, -0.1) is 0 Å². The molecule has 0 radical (unpaired) electrons. The highest BCUT2D eigenvalue weighted by Gasteiger charge is 2.14. The topological polar surface area (TPSA) is 55.8 Å². The summed E-state index contributed by atoms with van der Waals surface area (Å²) in [6.07, 6.45) is 2.65. The molecule has 150 valence electrons. The van der Waals surface area contributed by atoms with Crippen LogP contribution in [0.2, 0.25) is 0 Å². The molecular formula is C21H29FN6. The minimum atomic E-state index is -0.201. The zero-order chi connectivity index (χ0) is 19.8. The number of nitrogens with one attached hydrogen (secondary N) is 2. The van der Waals surface area contributed by atoms with E-state index in [4.69, 9.17) is 0 Å². The summed E-state index contributed by atoms with van der Waals surface area (Å²) in [6.45, 7) is 5.51. The number of hydrogen-bond donors (Lipinski definition) is 2. The average molecular weight is 385 g/mol. The molecule has 0 saturated carbocycles. The zero-order valence-corrected chi connectivity index (χ0v) is 16.7. The SMILES string of the molecule is CN=C(NCCc1cccc(F)c1)NCc1ccc(N2CCN(C)CC2)nc1. The molecule has 7 heteroatoms. The van der Waals surface area contributed by atoms with Gasteiger partial charge < -0.3 is 20.4 Å². The number of guanidine groups is 1. The smallest absolute Gasteiger partial charge is 0.191 e. The molecule has 6 nitrogen and oxygen atoms in total. The Bertz CT molecular complexity index is 769. The van der Waals surface area contributed by atoms with Crippen LogP contribution in [0.15, 0.2) is 47.6 Å². The van der Waals surface area contributed by atoms with Crippen molar-refractivity contribution in [2.75, 3.05) is 51.7 Å². The molecule has 3 rings (SSSR count). The fraction of sp³-hybridized carbons (Fsp3) is 0.429. The van der Waals surface area contributed by atoms with E-state index in [0.29, 0.717) is 13.1 Å². The Labute approximate surface area is 166 Å². The van der Waals surface area contributed by atoms with Crippen LogP contribution in [0.25, 0.3) is 0 Å². The maximum absolute atomic E-state index is 13.2. The Balaban J connectivity index is 1.43. The van der Waals surface area contributed by atoms with Crippen molar-refractivity contribution in [1.29, 1.82) is 0 Å². The third-order valence-electron chi connectivity index (χ3n) is 4.92. The van der Waals surface area contributed by atoms with Gasteiger partial charge in [-0.05, 0) is 42.8 Å². The summed E-state index contributed by atoms with van der Waals surface area (Å²) in [5.41, 5.74) is 2.07. The highest BCUT2D eigenvalue weighted by molar-refractivity contribution is 5.79. The molecule has 0 aliphatic carbocycles. The fourth-order valence-corrected chi connectivity index (χ4v) is 3.17. The second kappa shape index (κ2) is 10.0. The quantitative estimate of drug-likeness (QED) is 0.588. The molecule has 1 aliphatic rings. The molecule has 28 heavy (non-hydrogen) atoms. The third kappa shape index (κ3) is 5.92. The van der Waals surface area contributed by atoms with Crippen LogP contribution in [0, 0.1) is 5.82 Å². The van der Waals surface area contributed by atoms with Gasteiger partial charge in [-0.3, -0.25) is 4.99 Å². The molecule has 1 aromatic heterocycles. The van der Waals surface area contributed by atoms with E-state index >= 15 is 0 Å². The lowest BCUT2D eigenvalue weighted by molar-refractivity contribution is 0.312. The van der Waals surface area contributed by atoms with E-state index in [1.165, 1.54) is 6.07 Å². The van der Waals surface area contributed by atoms with E-state index in [0.717, 1.165) is 55.5 Å². The number of anilines is 1. The first-order valence-electron chi connectivity index (χ1n) is 9.71. The van der Waals surface area contributed by atoms with Gasteiger partial charge in [0.15, 0.2) is 5.96 Å². The summed E-state index contributed by atoms with van der Waals surface area (Å²) in [4.78, 5) is 13.5. The van der Waals surface area contributed by atoms with E-state index in [1.54, 1.807) is 19.2 Å². The van der Waals surface area contributed by atoms with Crippen LogP contribution >= 0.6 is 0 Å². The van der Waals surface area contributed by atoms with E-state index in [-0.39, 0.29) is 5.82 Å². The number of nitrogens with zero attached hydrogens (tertiary/aromatic N) is 4. The standard InChI is InChI=1S/C21H29FN6/c1-23-21(24-9-8-17-4-3-5-19(22)14-17)26-16-18-6-7-20(25-15-18)28-12-10-27(2)11-13-28/h3-7,14-15H,8-13,16H2,1-2H3,(H2,23,24,26). The lowest BCUT2D eigenvalue weighted by Crippen LogP contribution is -2.44. The monoisotopic (exact) mass is 384 g/mol. The Kier molecular flexibility index (Phi) is 7.19. The van der Waals surface area contributed by atoms with Crippen molar-refractivity contribution < 1.29 is 4.39 Å². The highest BCUT2D eigenvalue weighted by atomic mass is 19.1. The molecular weight excluding hydrogens is 355 g/mol. The molecule has 0 bridgehead atoms. The number of rotatable bonds is 6. The number of pyridine rings is 1. The van der Waals surface area contributed by atoms with Crippen molar-refractivity contribution in [2.24, 2.45) is 4.99 Å². The molecule has 2 aromatic rings. The van der Waals surface area contributed by atoms with Gasteiger partial charge in [-0.2, -0.15) is 0 Å². The number of benzene rings is 1. The molecule has 0 unspecified atom stereocenters. The van der Waals surface area contributed by atoms with Crippen LogP contribution in [0.1, 0.15) is 11.1 Å². The lowest BCUT2D eigenvalue weighted by Gasteiger charge is -2.33. The van der Waals surface area contributed by atoms with E-state index in [2.05, 4.69) is 49.6 Å². The summed E-state index contributed by atoms with van der Waals surface area (Å²) < 4.78 is 13.2. The molecule has 1 aromatic carbocycles. The molecule has 2 N–H and O–H groups in total. The van der Waals surface area contributed by atoms with Crippen molar-refractivity contribution in [3.63, 3.8) is 0 Å². The van der Waals surface area contributed by atoms with Crippen LogP contribution in [0.4, 0.5) is 10.2 Å². The second-order valence-corrected chi connectivity index (χ2v) is 7.05. The molecule has 1 aliphatic heterocycles. The largest absolute Gasteiger partial charge is 0.356 e. The maximum atomic E-state index is 13.2. The number of piperazine rings is 1. The first-order valence-corrected chi connectivity index (χ1v) is 9.71. The van der Waals surface area contributed by atoms with E-state index < -0.39 is 0 Å². The predicted molar refractivity (Wildman–Crippen MR) is 112 cm³/mol. The molecule has 1 fully saturated rings. The number of likely N-dealkylation sites (N-methyl/N-ethyl adjacent to an activating group) is 1. The Morgan fingerprint density at radius 2 is 1.93 bits per heavy atom. The lowest BCUT2D eigenvalue weighted by atomic mass is 10.1. The first kappa shape index (κ1) is 20.1. The van der Waals surface area contributed by atoms with Crippen molar-refractivity contribution in [2.45, 2.75) is 13.0 Å². The van der Waals surface area contributed by atoms with Gasteiger partial charge in [0.2, 0.25) is 0 Å². The van der Waals surface area contributed by atoms with Crippen LogP contribution in [0.5, 0.6) is 0 Å². The summed E-state index contributed by atoms with van der Waals surface area (Å²) in [5.74, 6) is 1.56. The van der Waals surface area contributed by atoms with Gasteiger partial charge in [0.05, 0.1) is 0 Å². The van der Waals surface area contributed by atoms with E-state index in [1.807, 2.05) is 12.3 Å². The van der Waals surface area contributed by atoms with Crippen LogP contribution < -0.4 is 15.5 Å². The molecule has 0 amide bonds. The highest BCUT2D eigenvalue weighted by Crippen LogP contribution is 2.13. The second-order valence-electron chi connectivity index (χ2n) is 7.05. The molecule has 0 atom stereocenters. The van der Waals surface area contributed by atoms with E-state index in [9.17, 15) is 4.39 Å². The van der Waals surface area contributed by atoms with Gasteiger partial charge in [-0.1, -0.05) is 18.2 Å². The Morgan fingerprint density at radius 3 is 2.61 bits per heavy atom. The molecule has 2 heterocycles. The van der Waals surface area contributed by atoms with Gasteiger partial charge in [0.1, 0.15) is 11.6 Å². The number of halogens is 1. The van der Waals surface area contributed by atoms with Crippen molar-refractivity contribution in [3.05, 3.63) is 59.5 Å². The average Bonchev–Trinajstić information content (AvgIpc) is 2.72. The maximum Gasteiger partial charge on any atom is 0.191 e. The minimum Gasteiger partial charge on any atom is -0.356 e. The number of aromatic nitrogens is 1.